The summed E-state index contributed by atoms with van der Waals surface area (Å²) >= 11 is 0. The van der Waals surface area contributed by atoms with Gasteiger partial charge < -0.3 is 23.7 Å². The van der Waals surface area contributed by atoms with Gasteiger partial charge in [-0.3, -0.25) is 0 Å². The van der Waals surface area contributed by atoms with Gasteiger partial charge in [0, 0.05) is 5.57 Å². The van der Waals surface area contributed by atoms with Gasteiger partial charge in [0.25, 0.3) is 0 Å². The molecule has 0 unspecified atom stereocenters. The molecule has 0 radical (unpaired) electrons. The highest BCUT2D eigenvalue weighted by Crippen LogP contribution is 2.41. The van der Waals surface area contributed by atoms with Crippen LogP contribution in [0.1, 0.15) is 257 Å². The molecule has 0 saturated carbocycles. The molecule has 384 valence electrons. The van der Waals surface area contributed by atoms with Gasteiger partial charge in [-0.2, -0.15) is 5.26 Å². The van der Waals surface area contributed by atoms with Crippen molar-refractivity contribution in [2.45, 2.75) is 246 Å². The van der Waals surface area contributed by atoms with E-state index in [9.17, 15) is 10.1 Å². The van der Waals surface area contributed by atoms with Crippen LogP contribution in [0.25, 0.3) is 11.6 Å². The molecule has 2 aromatic carbocycles. The van der Waals surface area contributed by atoms with Crippen molar-refractivity contribution in [3.8, 4) is 29.1 Å². The molecule has 7 nitrogen and oxygen atoms in total. The molecule has 0 bridgehead atoms. The second kappa shape index (κ2) is 43.1. The van der Waals surface area contributed by atoms with Crippen LogP contribution in [-0.4, -0.2) is 39.0 Å². The molecule has 0 fully saturated rings. The van der Waals surface area contributed by atoms with Crippen LogP contribution < -0.4 is 18.9 Å². The fourth-order valence-corrected chi connectivity index (χ4v) is 8.46. The maximum absolute atomic E-state index is 11.6. The Morgan fingerprint density at radius 3 is 1.19 bits per heavy atom. The number of nitriles is 1. The standard InChI is InChI=1S/C61H99NO6/c1-6-9-12-15-18-21-24-27-30-36-45-65-58-50-54(49-56(52-62)55-40-42-57(43-41-55)64-44-35-33-34-39-48-68-61(63)53(4)5)51-59(66-46-37-31-28-25-22-19-16-13-10-7-2)60(58)67-47-38-32-29-26-23-20-17-14-11-8-3/h40-43,49-51H,4,6-39,44-48H2,1-3,5H3. The lowest BCUT2D eigenvalue weighted by Crippen LogP contribution is -2.07. The van der Waals surface area contributed by atoms with Gasteiger partial charge >= 0.3 is 5.97 Å². The molecule has 0 atom stereocenters. The van der Waals surface area contributed by atoms with Crippen LogP contribution in [0.4, 0.5) is 0 Å². The Morgan fingerprint density at radius 1 is 0.485 bits per heavy atom. The van der Waals surface area contributed by atoms with Gasteiger partial charge in [-0.15, -0.1) is 0 Å². The Labute approximate surface area is 417 Å². The van der Waals surface area contributed by atoms with Crippen molar-refractivity contribution in [1.82, 2.24) is 0 Å². The number of carbonyl (C=O) groups is 1. The van der Waals surface area contributed by atoms with E-state index < -0.39 is 0 Å². The summed E-state index contributed by atoms with van der Waals surface area (Å²) in [6.45, 7) is 15.0. The van der Waals surface area contributed by atoms with Gasteiger partial charge in [0.1, 0.15) is 5.75 Å². The lowest BCUT2D eigenvalue weighted by molar-refractivity contribution is -0.139. The number of hydrogen-bond donors (Lipinski definition) is 0. The van der Waals surface area contributed by atoms with E-state index >= 15 is 0 Å². The summed E-state index contributed by atoms with van der Waals surface area (Å²) in [6, 6.07) is 14.3. The largest absolute Gasteiger partial charge is 0.494 e. The number of ether oxygens (including phenoxy) is 5. The van der Waals surface area contributed by atoms with Gasteiger partial charge in [-0.05, 0) is 105 Å². The molecule has 0 amide bonds. The van der Waals surface area contributed by atoms with E-state index in [1.54, 1.807) is 6.92 Å². The van der Waals surface area contributed by atoms with Gasteiger partial charge in [0.15, 0.2) is 11.5 Å². The Balaban J connectivity index is 2.17. The summed E-state index contributed by atoms with van der Waals surface area (Å²) < 4.78 is 31.1. The normalized spacial score (nSPS) is 11.4. The van der Waals surface area contributed by atoms with Crippen LogP contribution in [0.15, 0.2) is 48.6 Å². The van der Waals surface area contributed by atoms with Gasteiger partial charge in [-0.25, -0.2) is 4.79 Å². The van der Waals surface area contributed by atoms with Crippen LogP contribution >= 0.6 is 0 Å². The van der Waals surface area contributed by atoms with Gasteiger partial charge in [0.05, 0.1) is 44.7 Å². The summed E-state index contributed by atoms with van der Waals surface area (Å²) in [5, 5.41) is 10.5. The monoisotopic (exact) mass is 942 g/mol. The van der Waals surface area contributed by atoms with Crippen LogP contribution in [0.5, 0.6) is 23.0 Å². The molecule has 0 spiro atoms. The van der Waals surface area contributed by atoms with Crippen molar-refractivity contribution in [1.29, 1.82) is 5.26 Å². The third kappa shape index (κ3) is 31.3. The van der Waals surface area contributed by atoms with Crippen LogP contribution in [0.3, 0.4) is 0 Å². The topological polar surface area (TPSA) is 87.0 Å². The number of carbonyl (C=O) groups excluding carboxylic acids is 1. The SMILES string of the molecule is C=C(C)C(=O)OCCCCCCOc1ccc(C(C#N)=Cc2cc(OCCCCCCCCCCCC)c(OCCCCCCCCCCCC)c(OCCCCCCCCCCCC)c2)cc1. The highest BCUT2D eigenvalue weighted by Gasteiger charge is 2.17. The van der Waals surface area contributed by atoms with Crippen molar-refractivity contribution in [3.05, 3.63) is 59.7 Å². The van der Waals surface area contributed by atoms with E-state index in [1.807, 2.05) is 42.5 Å². The molecule has 0 aliphatic rings. The number of nitrogens with zero attached hydrogens (tertiary/aromatic N) is 1. The minimum atomic E-state index is -0.328. The molecule has 0 aromatic heterocycles. The number of allylic oxidation sites excluding steroid dienone is 1. The smallest absolute Gasteiger partial charge is 0.333 e. The van der Waals surface area contributed by atoms with Crippen LogP contribution in [0, 0.1) is 11.3 Å². The van der Waals surface area contributed by atoms with Crippen molar-refractivity contribution in [2.75, 3.05) is 33.0 Å². The fraction of sp³-hybridized carbons (Fsp3) is 0.705. The lowest BCUT2D eigenvalue weighted by Gasteiger charge is -2.18. The minimum Gasteiger partial charge on any atom is -0.494 e. The number of rotatable bonds is 47. The summed E-state index contributed by atoms with van der Waals surface area (Å²) in [4.78, 5) is 11.6. The lowest BCUT2D eigenvalue weighted by atomic mass is 10.0. The summed E-state index contributed by atoms with van der Waals surface area (Å²) in [5.74, 6) is 2.55. The maximum atomic E-state index is 11.6. The number of unbranched alkanes of at least 4 members (excludes halogenated alkanes) is 30. The molecule has 0 saturated heterocycles. The fourth-order valence-electron chi connectivity index (χ4n) is 8.46. The Kier molecular flexibility index (Phi) is 38.2. The Bertz CT molecular complexity index is 1560. The third-order valence-electron chi connectivity index (χ3n) is 12.8. The van der Waals surface area contributed by atoms with E-state index in [2.05, 4.69) is 33.4 Å². The number of hydrogen-bond acceptors (Lipinski definition) is 7. The zero-order valence-corrected chi connectivity index (χ0v) is 44.2. The highest BCUT2D eigenvalue weighted by atomic mass is 16.5. The van der Waals surface area contributed by atoms with E-state index in [1.165, 1.54) is 154 Å². The first-order chi connectivity index (χ1) is 33.4. The molecule has 2 aromatic rings. The molecule has 68 heavy (non-hydrogen) atoms. The molecule has 7 heteroatoms. The molecule has 0 aliphatic carbocycles. The van der Waals surface area contributed by atoms with Crippen molar-refractivity contribution >= 4 is 17.6 Å². The first kappa shape index (κ1) is 60.2. The van der Waals surface area contributed by atoms with Crippen molar-refractivity contribution in [2.24, 2.45) is 0 Å². The van der Waals surface area contributed by atoms with E-state index in [0.717, 1.165) is 81.1 Å². The zero-order chi connectivity index (χ0) is 49.0. The quantitative estimate of drug-likeness (QED) is 0.0215. The Morgan fingerprint density at radius 2 is 0.824 bits per heavy atom. The number of esters is 1. The predicted octanol–water partition coefficient (Wildman–Crippen LogP) is 18.7. The molecule has 0 heterocycles. The second-order valence-corrected chi connectivity index (χ2v) is 19.3. The van der Waals surface area contributed by atoms with Crippen molar-refractivity contribution in [3.63, 3.8) is 0 Å². The molecule has 0 aliphatic heterocycles. The van der Waals surface area contributed by atoms with Crippen LogP contribution in [0.2, 0.25) is 0 Å². The molecule has 0 N–H and O–H groups in total. The number of benzene rings is 2. The maximum Gasteiger partial charge on any atom is 0.333 e. The summed E-state index contributed by atoms with van der Waals surface area (Å²) in [6.07, 6.45) is 43.9. The third-order valence-corrected chi connectivity index (χ3v) is 12.8. The molecular weight excluding hydrogens is 843 g/mol. The predicted molar refractivity (Wildman–Crippen MR) is 288 cm³/mol. The first-order valence-electron chi connectivity index (χ1n) is 28.2. The summed E-state index contributed by atoms with van der Waals surface area (Å²) in [7, 11) is 0. The van der Waals surface area contributed by atoms with E-state index in [-0.39, 0.29) is 5.97 Å². The van der Waals surface area contributed by atoms with Gasteiger partial charge in [0.2, 0.25) is 5.75 Å². The van der Waals surface area contributed by atoms with Gasteiger partial charge in [-0.1, -0.05) is 201 Å². The second-order valence-electron chi connectivity index (χ2n) is 19.3. The van der Waals surface area contributed by atoms with E-state index in [0.29, 0.717) is 61.4 Å². The van der Waals surface area contributed by atoms with Crippen LogP contribution in [-0.2, 0) is 9.53 Å². The average molecular weight is 942 g/mol. The van der Waals surface area contributed by atoms with E-state index in [4.69, 9.17) is 23.7 Å². The molecule has 2 rings (SSSR count). The Hall–Kier alpha value is -3.92. The molecular formula is C61H99NO6. The first-order valence-corrected chi connectivity index (χ1v) is 28.2. The van der Waals surface area contributed by atoms with Crippen molar-refractivity contribution < 1.29 is 28.5 Å². The zero-order valence-electron chi connectivity index (χ0n) is 44.2. The summed E-state index contributed by atoms with van der Waals surface area (Å²) in [5.41, 5.74) is 2.67. The minimum absolute atomic E-state index is 0.328. The highest BCUT2D eigenvalue weighted by molar-refractivity contribution is 5.90. The average Bonchev–Trinajstić information content (AvgIpc) is 3.34.